The van der Waals surface area contributed by atoms with E-state index in [0.717, 1.165) is 16.6 Å². The number of hydrogen-bond donors (Lipinski definition) is 0. The van der Waals surface area contributed by atoms with Crippen molar-refractivity contribution in [2.24, 2.45) is 0 Å². The number of carbonyl (C=O) groups is 1. The minimum Gasteiger partial charge on any atom is -0.480 e. The zero-order chi connectivity index (χ0) is 19.6. The molecule has 1 heterocycles. The van der Waals surface area contributed by atoms with Crippen LogP contribution in [0, 0.1) is 13.8 Å². The number of aromatic nitrogens is 1. The number of carbonyl (C=O) groups excluding carboxylic acids is 1. The molecule has 0 saturated heterocycles. The lowest BCUT2D eigenvalue weighted by atomic mass is 10.1. The number of hydrogen-bond acceptors (Lipinski definition) is 3. The quantitative estimate of drug-likeness (QED) is 0.589. The number of pyridine rings is 1. The Kier molecular flexibility index (Phi) is 5.88. The van der Waals surface area contributed by atoms with Crippen molar-refractivity contribution in [2.45, 2.75) is 20.4 Å². The van der Waals surface area contributed by atoms with Crippen LogP contribution in [0.1, 0.15) is 16.8 Å². The number of rotatable bonds is 5. The first-order valence-corrected chi connectivity index (χ1v) is 9.28. The van der Waals surface area contributed by atoms with Crippen molar-refractivity contribution in [3.8, 4) is 5.75 Å². The van der Waals surface area contributed by atoms with Crippen LogP contribution in [0.4, 0.5) is 0 Å². The van der Waals surface area contributed by atoms with E-state index in [1.54, 1.807) is 18.0 Å². The highest BCUT2D eigenvalue weighted by atomic mass is 35.5. The molecular weight excluding hydrogens is 383 g/mol. The molecule has 0 bridgehead atoms. The van der Waals surface area contributed by atoms with E-state index in [4.69, 9.17) is 27.9 Å². The van der Waals surface area contributed by atoms with E-state index in [1.165, 1.54) is 5.56 Å². The molecule has 0 aliphatic carbocycles. The second-order valence-corrected chi connectivity index (χ2v) is 7.36. The SMILES string of the molecule is Cc1ccc(CN(C)C(=O)COc2c(Cl)cc(Cl)c3ccc(C)nc23)cc1. The highest BCUT2D eigenvalue weighted by Gasteiger charge is 2.16. The summed E-state index contributed by atoms with van der Waals surface area (Å²) in [6.07, 6.45) is 0. The topological polar surface area (TPSA) is 42.4 Å². The van der Waals surface area contributed by atoms with E-state index >= 15 is 0 Å². The molecule has 0 N–H and O–H groups in total. The van der Waals surface area contributed by atoms with Crippen molar-refractivity contribution >= 4 is 40.0 Å². The van der Waals surface area contributed by atoms with Crippen LogP contribution in [-0.2, 0) is 11.3 Å². The van der Waals surface area contributed by atoms with Gasteiger partial charge in [-0.25, -0.2) is 4.98 Å². The minimum absolute atomic E-state index is 0.131. The number of ether oxygens (including phenoxy) is 1. The van der Waals surface area contributed by atoms with Gasteiger partial charge in [-0.05, 0) is 37.6 Å². The van der Waals surface area contributed by atoms with Gasteiger partial charge < -0.3 is 9.64 Å². The van der Waals surface area contributed by atoms with Crippen molar-refractivity contribution in [3.05, 3.63) is 69.3 Å². The Balaban J connectivity index is 1.75. The average molecular weight is 403 g/mol. The van der Waals surface area contributed by atoms with Gasteiger partial charge in [0.15, 0.2) is 12.4 Å². The lowest BCUT2D eigenvalue weighted by Gasteiger charge is -2.18. The molecule has 1 aromatic heterocycles. The number of halogens is 2. The van der Waals surface area contributed by atoms with E-state index < -0.39 is 0 Å². The van der Waals surface area contributed by atoms with Gasteiger partial charge in [-0.1, -0.05) is 53.0 Å². The average Bonchev–Trinajstić information content (AvgIpc) is 2.62. The maximum Gasteiger partial charge on any atom is 0.260 e. The summed E-state index contributed by atoms with van der Waals surface area (Å²) in [5.41, 5.74) is 3.61. The number of amides is 1. The fourth-order valence-electron chi connectivity index (χ4n) is 2.73. The van der Waals surface area contributed by atoms with E-state index in [1.807, 2.05) is 50.2 Å². The molecule has 0 aliphatic heterocycles. The largest absolute Gasteiger partial charge is 0.480 e. The number of likely N-dealkylation sites (N-methyl/N-ethyl adjacent to an activating group) is 1. The Labute approximate surface area is 168 Å². The van der Waals surface area contributed by atoms with Gasteiger partial charge in [-0.3, -0.25) is 4.79 Å². The lowest BCUT2D eigenvalue weighted by molar-refractivity contribution is -0.132. The van der Waals surface area contributed by atoms with Crippen molar-refractivity contribution in [2.75, 3.05) is 13.7 Å². The fraction of sp³-hybridized carbons (Fsp3) is 0.238. The molecule has 4 nitrogen and oxygen atoms in total. The Morgan fingerprint density at radius 3 is 2.48 bits per heavy atom. The molecule has 3 aromatic rings. The predicted octanol–water partition coefficient (Wildman–Crippen LogP) is 5.20. The summed E-state index contributed by atoms with van der Waals surface area (Å²) >= 11 is 12.5. The number of aryl methyl sites for hydroxylation is 2. The number of benzene rings is 2. The van der Waals surface area contributed by atoms with Gasteiger partial charge in [0.2, 0.25) is 0 Å². The third kappa shape index (κ3) is 4.52. The summed E-state index contributed by atoms with van der Waals surface area (Å²) in [6.45, 7) is 4.28. The van der Waals surface area contributed by atoms with E-state index in [2.05, 4.69) is 4.98 Å². The second kappa shape index (κ2) is 8.15. The molecule has 6 heteroatoms. The second-order valence-electron chi connectivity index (χ2n) is 6.54. The number of fused-ring (bicyclic) bond motifs is 1. The Morgan fingerprint density at radius 1 is 1.07 bits per heavy atom. The highest BCUT2D eigenvalue weighted by molar-refractivity contribution is 6.39. The monoisotopic (exact) mass is 402 g/mol. The van der Waals surface area contributed by atoms with Crippen LogP contribution >= 0.6 is 23.2 Å². The van der Waals surface area contributed by atoms with Gasteiger partial charge in [0, 0.05) is 24.7 Å². The van der Waals surface area contributed by atoms with Gasteiger partial charge >= 0.3 is 0 Å². The third-order valence-corrected chi connectivity index (χ3v) is 4.88. The van der Waals surface area contributed by atoms with Crippen LogP contribution in [0.25, 0.3) is 10.9 Å². The maximum absolute atomic E-state index is 12.5. The summed E-state index contributed by atoms with van der Waals surface area (Å²) in [7, 11) is 1.75. The minimum atomic E-state index is -0.151. The molecule has 0 unspecified atom stereocenters. The van der Waals surface area contributed by atoms with E-state index in [0.29, 0.717) is 27.9 Å². The molecule has 0 saturated carbocycles. The highest BCUT2D eigenvalue weighted by Crippen LogP contribution is 2.37. The molecule has 140 valence electrons. The molecule has 3 rings (SSSR count). The molecule has 2 aromatic carbocycles. The van der Waals surface area contributed by atoms with Gasteiger partial charge in [0.05, 0.1) is 10.0 Å². The molecule has 0 aliphatic rings. The lowest BCUT2D eigenvalue weighted by Crippen LogP contribution is -2.31. The number of nitrogens with zero attached hydrogens (tertiary/aromatic N) is 2. The van der Waals surface area contributed by atoms with Gasteiger partial charge in [0.1, 0.15) is 5.52 Å². The van der Waals surface area contributed by atoms with Crippen molar-refractivity contribution < 1.29 is 9.53 Å². The maximum atomic E-state index is 12.5. The smallest absolute Gasteiger partial charge is 0.260 e. The van der Waals surface area contributed by atoms with E-state index in [-0.39, 0.29) is 12.5 Å². The van der Waals surface area contributed by atoms with Crippen molar-refractivity contribution in [3.63, 3.8) is 0 Å². The molecule has 0 atom stereocenters. The van der Waals surface area contributed by atoms with Crippen LogP contribution in [0.15, 0.2) is 42.5 Å². The van der Waals surface area contributed by atoms with Gasteiger partial charge in [-0.2, -0.15) is 0 Å². The predicted molar refractivity (Wildman–Crippen MR) is 110 cm³/mol. The van der Waals surface area contributed by atoms with Crippen LogP contribution in [0.5, 0.6) is 5.75 Å². The Morgan fingerprint density at radius 2 is 1.78 bits per heavy atom. The normalized spacial score (nSPS) is 10.9. The van der Waals surface area contributed by atoms with Crippen LogP contribution in [-0.4, -0.2) is 29.4 Å². The summed E-state index contributed by atoms with van der Waals surface area (Å²) in [4.78, 5) is 18.6. The van der Waals surface area contributed by atoms with Crippen molar-refractivity contribution in [1.82, 2.24) is 9.88 Å². The van der Waals surface area contributed by atoms with Crippen LogP contribution in [0.3, 0.4) is 0 Å². The standard InChI is InChI=1S/C21H20Cl2N2O2/c1-13-4-7-15(8-5-13)11-25(3)19(26)12-27-21-18(23)10-17(22)16-9-6-14(2)24-20(16)21/h4-10H,11-12H2,1-3H3. The molecule has 1 amide bonds. The zero-order valence-electron chi connectivity index (χ0n) is 15.4. The molecule has 0 fully saturated rings. The Hall–Kier alpha value is -2.30. The first-order chi connectivity index (χ1) is 12.8. The zero-order valence-corrected chi connectivity index (χ0v) is 16.9. The summed E-state index contributed by atoms with van der Waals surface area (Å²) in [5, 5.41) is 1.57. The summed E-state index contributed by atoms with van der Waals surface area (Å²) in [5.74, 6) is 0.222. The molecule has 0 radical (unpaired) electrons. The fourth-order valence-corrected chi connectivity index (χ4v) is 3.30. The van der Waals surface area contributed by atoms with Crippen LogP contribution in [0.2, 0.25) is 10.0 Å². The summed E-state index contributed by atoms with van der Waals surface area (Å²) in [6, 6.07) is 13.4. The van der Waals surface area contributed by atoms with Crippen molar-refractivity contribution in [1.29, 1.82) is 0 Å². The summed E-state index contributed by atoms with van der Waals surface area (Å²) < 4.78 is 5.76. The van der Waals surface area contributed by atoms with Crippen LogP contribution < -0.4 is 4.74 Å². The van der Waals surface area contributed by atoms with Gasteiger partial charge in [-0.15, -0.1) is 0 Å². The van der Waals surface area contributed by atoms with Gasteiger partial charge in [0.25, 0.3) is 5.91 Å². The molecule has 0 spiro atoms. The van der Waals surface area contributed by atoms with E-state index in [9.17, 15) is 4.79 Å². The third-order valence-electron chi connectivity index (χ3n) is 4.28. The first kappa shape index (κ1) is 19.5. The molecular formula is C21H20Cl2N2O2. The first-order valence-electron chi connectivity index (χ1n) is 8.53. The molecule has 27 heavy (non-hydrogen) atoms. The Bertz CT molecular complexity index is 988.